The second kappa shape index (κ2) is 8.79. The van der Waals surface area contributed by atoms with Crippen LogP contribution in [-0.2, 0) is 0 Å². The minimum absolute atomic E-state index is 0.0775. The average molecular weight is 296 g/mol. The zero-order valence-corrected chi connectivity index (χ0v) is 13.5. The van der Waals surface area contributed by atoms with E-state index in [0.29, 0.717) is 11.5 Å². The minimum Gasteiger partial charge on any atom is -0.369 e. The molecule has 1 aromatic heterocycles. The van der Waals surface area contributed by atoms with Gasteiger partial charge in [0, 0.05) is 19.6 Å². The van der Waals surface area contributed by atoms with Crippen LogP contribution >= 0.6 is 11.8 Å². The summed E-state index contributed by atoms with van der Waals surface area (Å²) in [4.78, 5) is 22.5. The van der Waals surface area contributed by atoms with E-state index in [0.717, 1.165) is 25.1 Å². The van der Waals surface area contributed by atoms with Crippen molar-refractivity contribution in [3.63, 3.8) is 0 Å². The van der Waals surface area contributed by atoms with Crippen molar-refractivity contribution in [3.05, 3.63) is 18.1 Å². The maximum atomic E-state index is 12.4. The number of rotatable bonds is 8. The van der Waals surface area contributed by atoms with Gasteiger partial charge in [0.15, 0.2) is 0 Å². The Bertz CT molecular complexity index is 427. The lowest BCUT2D eigenvalue weighted by Gasteiger charge is -2.24. The van der Waals surface area contributed by atoms with Gasteiger partial charge in [-0.25, -0.2) is 4.98 Å². The Morgan fingerprint density at radius 3 is 2.90 bits per heavy atom. The largest absolute Gasteiger partial charge is 0.369 e. The molecule has 6 heteroatoms. The molecular formula is C14H24N4OS. The van der Waals surface area contributed by atoms with E-state index in [1.165, 1.54) is 6.20 Å². The molecule has 0 saturated heterocycles. The summed E-state index contributed by atoms with van der Waals surface area (Å²) in [5, 5.41) is 3.14. The summed E-state index contributed by atoms with van der Waals surface area (Å²) in [6, 6.07) is 0.198. The highest BCUT2D eigenvalue weighted by Gasteiger charge is 2.19. The topological polar surface area (TPSA) is 58.1 Å². The van der Waals surface area contributed by atoms with E-state index in [2.05, 4.69) is 35.4 Å². The first-order valence-electron chi connectivity index (χ1n) is 6.92. The van der Waals surface area contributed by atoms with Crippen LogP contribution in [0.15, 0.2) is 12.4 Å². The molecule has 1 atom stereocenters. The third-order valence-electron chi connectivity index (χ3n) is 3.13. The molecule has 1 N–H and O–H groups in total. The molecule has 0 bridgehead atoms. The lowest BCUT2D eigenvalue weighted by atomic mass is 10.2. The molecule has 1 heterocycles. The smallest absolute Gasteiger partial charge is 0.274 e. The molecule has 0 fully saturated rings. The van der Waals surface area contributed by atoms with E-state index in [1.807, 2.05) is 7.05 Å². The van der Waals surface area contributed by atoms with Crippen molar-refractivity contribution < 1.29 is 4.79 Å². The van der Waals surface area contributed by atoms with Gasteiger partial charge in [-0.1, -0.05) is 6.92 Å². The maximum Gasteiger partial charge on any atom is 0.274 e. The van der Waals surface area contributed by atoms with Crippen molar-refractivity contribution in [3.8, 4) is 0 Å². The van der Waals surface area contributed by atoms with Gasteiger partial charge in [0.25, 0.3) is 5.91 Å². The van der Waals surface area contributed by atoms with Crippen molar-refractivity contribution in [1.29, 1.82) is 0 Å². The van der Waals surface area contributed by atoms with E-state index in [1.54, 1.807) is 22.9 Å². The number of thioether (sulfide) groups is 1. The fourth-order valence-electron chi connectivity index (χ4n) is 1.67. The Kier molecular flexibility index (Phi) is 7.36. The standard InChI is InChI=1S/C14H24N4OS/c1-5-7-16-13-10-15-9-12(17-13)14(19)18(3)11(2)6-8-20-4/h9-11H,5-8H2,1-4H3,(H,16,17). The Hall–Kier alpha value is -1.30. The molecule has 1 rings (SSSR count). The number of carbonyl (C=O) groups excluding carboxylic acids is 1. The lowest BCUT2D eigenvalue weighted by molar-refractivity contribution is 0.0735. The van der Waals surface area contributed by atoms with E-state index in [9.17, 15) is 4.79 Å². The number of hydrogen-bond acceptors (Lipinski definition) is 5. The van der Waals surface area contributed by atoms with Gasteiger partial charge in [-0.15, -0.1) is 0 Å². The first kappa shape index (κ1) is 16.8. The van der Waals surface area contributed by atoms with E-state index >= 15 is 0 Å². The number of carbonyl (C=O) groups is 1. The van der Waals surface area contributed by atoms with Gasteiger partial charge in [-0.05, 0) is 31.8 Å². The molecule has 1 amide bonds. The summed E-state index contributed by atoms with van der Waals surface area (Å²) in [6.45, 7) is 4.96. The normalized spacial score (nSPS) is 12.0. The quantitative estimate of drug-likeness (QED) is 0.799. The average Bonchev–Trinajstić information content (AvgIpc) is 2.49. The first-order chi connectivity index (χ1) is 9.60. The van der Waals surface area contributed by atoms with Crippen LogP contribution in [0.2, 0.25) is 0 Å². The van der Waals surface area contributed by atoms with Crippen LogP contribution in [0.1, 0.15) is 37.2 Å². The number of nitrogens with one attached hydrogen (secondary N) is 1. The van der Waals surface area contributed by atoms with Gasteiger partial charge < -0.3 is 10.2 Å². The van der Waals surface area contributed by atoms with Crippen molar-refractivity contribution >= 4 is 23.5 Å². The summed E-state index contributed by atoms with van der Waals surface area (Å²) in [7, 11) is 1.82. The van der Waals surface area contributed by atoms with Gasteiger partial charge in [0.1, 0.15) is 11.5 Å². The molecule has 0 spiro atoms. The van der Waals surface area contributed by atoms with E-state index < -0.39 is 0 Å². The van der Waals surface area contributed by atoms with Crippen molar-refractivity contribution in [2.75, 3.05) is 30.9 Å². The second-order valence-corrected chi connectivity index (χ2v) is 5.75. The summed E-state index contributed by atoms with van der Waals surface area (Å²) >= 11 is 1.79. The number of aromatic nitrogens is 2. The van der Waals surface area contributed by atoms with Crippen LogP contribution in [0.25, 0.3) is 0 Å². The van der Waals surface area contributed by atoms with Crippen LogP contribution in [0.3, 0.4) is 0 Å². The molecule has 0 aliphatic carbocycles. The molecule has 1 aromatic rings. The zero-order chi connectivity index (χ0) is 15.0. The predicted molar refractivity (Wildman–Crippen MR) is 85.4 cm³/mol. The van der Waals surface area contributed by atoms with Crippen molar-refractivity contribution in [1.82, 2.24) is 14.9 Å². The highest BCUT2D eigenvalue weighted by Crippen LogP contribution is 2.10. The molecule has 0 aliphatic rings. The van der Waals surface area contributed by atoms with Gasteiger partial charge in [-0.2, -0.15) is 11.8 Å². The molecule has 0 saturated carbocycles. The van der Waals surface area contributed by atoms with E-state index in [4.69, 9.17) is 0 Å². The van der Waals surface area contributed by atoms with Crippen molar-refractivity contribution in [2.24, 2.45) is 0 Å². The molecule has 0 aromatic carbocycles. The summed E-state index contributed by atoms with van der Waals surface area (Å²) in [6.07, 6.45) is 7.22. The lowest BCUT2D eigenvalue weighted by Crippen LogP contribution is -2.36. The third kappa shape index (κ3) is 5.00. The van der Waals surface area contributed by atoms with Crippen LogP contribution < -0.4 is 5.32 Å². The molecular weight excluding hydrogens is 272 g/mol. The second-order valence-electron chi connectivity index (χ2n) is 4.76. The fraction of sp³-hybridized carbons (Fsp3) is 0.643. The number of nitrogens with zero attached hydrogens (tertiary/aromatic N) is 3. The molecule has 0 radical (unpaired) electrons. The molecule has 0 aliphatic heterocycles. The molecule has 5 nitrogen and oxygen atoms in total. The number of amides is 1. The Balaban J connectivity index is 2.70. The highest BCUT2D eigenvalue weighted by molar-refractivity contribution is 7.98. The van der Waals surface area contributed by atoms with Crippen LogP contribution in [0.4, 0.5) is 5.82 Å². The molecule has 1 unspecified atom stereocenters. The summed E-state index contributed by atoms with van der Waals surface area (Å²) in [5.41, 5.74) is 0.393. The SMILES string of the molecule is CCCNc1cncc(C(=O)N(C)C(C)CCSC)n1. The van der Waals surface area contributed by atoms with Crippen LogP contribution in [0.5, 0.6) is 0 Å². The van der Waals surface area contributed by atoms with Gasteiger partial charge in [0.2, 0.25) is 0 Å². The number of hydrogen-bond donors (Lipinski definition) is 1. The third-order valence-corrected chi connectivity index (χ3v) is 3.77. The van der Waals surface area contributed by atoms with Crippen molar-refractivity contribution in [2.45, 2.75) is 32.7 Å². The first-order valence-corrected chi connectivity index (χ1v) is 8.31. The Morgan fingerprint density at radius 1 is 1.50 bits per heavy atom. The fourth-order valence-corrected chi connectivity index (χ4v) is 2.25. The van der Waals surface area contributed by atoms with Crippen LogP contribution in [-0.4, -0.2) is 52.4 Å². The van der Waals surface area contributed by atoms with E-state index in [-0.39, 0.29) is 11.9 Å². The predicted octanol–water partition coefficient (Wildman–Crippen LogP) is 2.51. The summed E-state index contributed by atoms with van der Waals surface area (Å²) < 4.78 is 0. The molecule has 112 valence electrons. The number of anilines is 1. The van der Waals surface area contributed by atoms with Gasteiger partial charge >= 0.3 is 0 Å². The maximum absolute atomic E-state index is 12.4. The Morgan fingerprint density at radius 2 is 2.25 bits per heavy atom. The Labute approximate surface area is 125 Å². The monoisotopic (exact) mass is 296 g/mol. The van der Waals surface area contributed by atoms with Gasteiger partial charge in [-0.3, -0.25) is 9.78 Å². The molecule has 20 heavy (non-hydrogen) atoms. The van der Waals surface area contributed by atoms with Crippen LogP contribution in [0, 0.1) is 0 Å². The van der Waals surface area contributed by atoms with Gasteiger partial charge in [0.05, 0.1) is 12.4 Å². The summed E-state index contributed by atoms with van der Waals surface area (Å²) in [5.74, 6) is 1.62. The highest BCUT2D eigenvalue weighted by atomic mass is 32.2. The minimum atomic E-state index is -0.0775. The zero-order valence-electron chi connectivity index (χ0n) is 12.7.